The van der Waals surface area contributed by atoms with Crippen molar-refractivity contribution in [1.29, 1.82) is 0 Å². The quantitative estimate of drug-likeness (QED) is 0.323. The number of ether oxygens (including phenoxy) is 4. The fourth-order valence-electron chi connectivity index (χ4n) is 4.82. The first-order valence-electron chi connectivity index (χ1n) is 13.3. The molecule has 1 aliphatic heterocycles. The lowest BCUT2D eigenvalue weighted by molar-refractivity contribution is -0.127. The number of benzene rings is 2. The van der Waals surface area contributed by atoms with E-state index in [1.807, 2.05) is 26.0 Å². The predicted octanol–water partition coefficient (Wildman–Crippen LogP) is 3.69. The number of fused-ring (bicyclic) bond motifs is 1. The minimum atomic E-state index is -0.768. The van der Waals surface area contributed by atoms with Crippen LogP contribution >= 0.6 is 11.3 Å². The second kappa shape index (κ2) is 12.9. The first-order valence-corrected chi connectivity index (χ1v) is 14.1. The zero-order valence-corrected chi connectivity index (χ0v) is 25.0. The van der Waals surface area contributed by atoms with Crippen LogP contribution < -0.4 is 33.8 Å². The molecule has 10 heteroatoms. The summed E-state index contributed by atoms with van der Waals surface area (Å²) in [5.74, 6) is 2.05. The average Bonchev–Trinajstić information content (AvgIpc) is 3.29. The van der Waals surface area contributed by atoms with E-state index < -0.39 is 6.04 Å². The van der Waals surface area contributed by atoms with E-state index in [4.69, 9.17) is 23.9 Å². The molecule has 0 saturated carbocycles. The Hall–Kier alpha value is -4.31. The number of nitrogens with zero attached hydrogens (tertiary/aromatic N) is 3. The molecule has 1 atom stereocenters. The molecule has 3 aromatic rings. The van der Waals surface area contributed by atoms with Gasteiger partial charge in [-0.3, -0.25) is 14.2 Å². The SMILES string of the molecule is C=CCOc1ccc(/C=c2/sc3n(c2=O)[C@@H](c2cc(OC)ccc2OC)C(C(=O)N(CC)CC)=C(C)N=3)cc1OC. The number of hydrogen-bond acceptors (Lipinski definition) is 8. The highest BCUT2D eigenvalue weighted by Gasteiger charge is 2.36. The molecule has 9 nitrogen and oxygen atoms in total. The number of methoxy groups -OCH3 is 3. The lowest BCUT2D eigenvalue weighted by Gasteiger charge is -2.30. The number of allylic oxidation sites excluding steroid dienone is 1. The van der Waals surface area contributed by atoms with Crippen LogP contribution in [0.5, 0.6) is 23.0 Å². The van der Waals surface area contributed by atoms with Crippen molar-refractivity contribution < 1.29 is 23.7 Å². The molecule has 0 bridgehead atoms. The number of amides is 1. The molecule has 0 fully saturated rings. The summed E-state index contributed by atoms with van der Waals surface area (Å²) in [6.07, 6.45) is 3.44. The summed E-state index contributed by atoms with van der Waals surface area (Å²) in [7, 11) is 4.70. The highest BCUT2D eigenvalue weighted by Crippen LogP contribution is 2.38. The van der Waals surface area contributed by atoms with Crippen molar-refractivity contribution in [2.24, 2.45) is 4.99 Å². The minimum absolute atomic E-state index is 0.180. The largest absolute Gasteiger partial charge is 0.497 e. The summed E-state index contributed by atoms with van der Waals surface area (Å²) < 4.78 is 24.4. The third-order valence-electron chi connectivity index (χ3n) is 6.88. The van der Waals surface area contributed by atoms with E-state index in [-0.39, 0.29) is 11.5 Å². The first-order chi connectivity index (χ1) is 19.8. The molecule has 0 aliphatic carbocycles. The molecule has 0 unspecified atom stereocenters. The van der Waals surface area contributed by atoms with E-state index in [1.54, 1.807) is 74.1 Å². The monoisotopic (exact) mass is 577 g/mol. The van der Waals surface area contributed by atoms with E-state index in [2.05, 4.69) is 6.58 Å². The van der Waals surface area contributed by atoms with Gasteiger partial charge in [0.1, 0.15) is 24.1 Å². The van der Waals surface area contributed by atoms with Gasteiger partial charge in [0, 0.05) is 18.7 Å². The van der Waals surface area contributed by atoms with Gasteiger partial charge in [-0.2, -0.15) is 0 Å². The normalized spacial score (nSPS) is 14.7. The summed E-state index contributed by atoms with van der Waals surface area (Å²) in [6.45, 7) is 10.7. The third kappa shape index (κ3) is 5.78. The summed E-state index contributed by atoms with van der Waals surface area (Å²) in [6, 6.07) is 10.0. The van der Waals surface area contributed by atoms with Gasteiger partial charge in [0.05, 0.1) is 37.1 Å². The van der Waals surface area contributed by atoms with Crippen LogP contribution in [0.25, 0.3) is 6.08 Å². The van der Waals surface area contributed by atoms with Crippen LogP contribution in [-0.4, -0.2) is 56.4 Å². The molecular formula is C31H35N3O6S. The van der Waals surface area contributed by atoms with Crippen LogP contribution in [0.2, 0.25) is 0 Å². The molecule has 4 rings (SSSR count). The van der Waals surface area contributed by atoms with Crippen LogP contribution in [0.3, 0.4) is 0 Å². The third-order valence-corrected chi connectivity index (χ3v) is 7.86. The number of thiazole rings is 1. The van der Waals surface area contributed by atoms with E-state index in [1.165, 1.54) is 11.3 Å². The van der Waals surface area contributed by atoms with Crippen molar-refractivity contribution in [3.8, 4) is 23.0 Å². The number of aromatic nitrogens is 1. The molecule has 2 aromatic carbocycles. The summed E-state index contributed by atoms with van der Waals surface area (Å²) in [4.78, 5) is 34.9. The maximum Gasteiger partial charge on any atom is 0.271 e. The fraction of sp³-hybridized carbons (Fsp3) is 0.323. The topological polar surface area (TPSA) is 91.6 Å². The van der Waals surface area contributed by atoms with Gasteiger partial charge in [-0.1, -0.05) is 30.1 Å². The molecule has 0 N–H and O–H groups in total. The highest BCUT2D eigenvalue weighted by atomic mass is 32.1. The predicted molar refractivity (Wildman–Crippen MR) is 160 cm³/mol. The Morgan fingerprint density at radius 2 is 1.76 bits per heavy atom. The lowest BCUT2D eigenvalue weighted by Crippen LogP contribution is -2.43. The summed E-state index contributed by atoms with van der Waals surface area (Å²) >= 11 is 1.26. The van der Waals surface area contributed by atoms with Gasteiger partial charge >= 0.3 is 0 Å². The van der Waals surface area contributed by atoms with Gasteiger partial charge in [0.15, 0.2) is 16.3 Å². The molecular weight excluding hydrogens is 542 g/mol. The molecule has 2 heterocycles. The highest BCUT2D eigenvalue weighted by molar-refractivity contribution is 7.07. The van der Waals surface area contributed by atoms with Crippen molar-refractivity contribution in [2.45, 2.75) is 26.8 Å². The van der Waals surface area contributed by atoms with E-state index >= 15 is 0 Å². The Morgan fingerprint density at radius 3 is 2.39 bits per heavy atom. The Balaban J connectivity index is 1.96. The smallest absolute Gasteiger partial charge is 0.271 e. The van der Waals surface area contributed by atoms with Gasteiger partial charge in [-0.15, -0.1) is 0 Å². The van der Waals surface area contributed by atoms with Crippen molar-refractivity contribution in [1.82, 2.24) is 9.47 Å². The number of carbonyl (C=O) groups excluding carboxylic acids is 1. The van der Waals surface area contributed by atoms with Crippen LogP contribution in [-0.2, 0) is 4.79 Å². The summed E-state index contributed by atoms with van der Waals surface area (Å²) in [5.41, 5.74) is 2.09. The zero-order valence-electron chi connectivity index (χ0n) is 24.2. The van der Waals surface area contributed by atoms with E-state index in [0.29, 0.717) is 68.9 Å². The van der Waals surface area contributed by atoms with E-state index in [0.717, 1.165) is 5.56 Å². The zero-order chi connectivity index (χ0) is 29.7. The van der Waals surface area contributed by atoms with Gasteiger partial charge in [-0.25, -0.2) is 4.99 Å². The molecule has 216 valence electrons. The van der Waals surface area contributed by atoms with Crippen LogP contribution in [0.1, 0.15) is 37.9 Å². The van der Waals surface area contributed by atoms with Gasteiger partial charge in [0.25, 0.3) is 11.5 Å². The van der Waals surface area contributed by atoms with Gasteiger partial charge in [-0.05, 0) is 62.7 Å². The molecule has 0 radical (unpaired) electrons. The van der Waals surface area contributed by atoms with E-state index in [9.17, 15) is 9.59 Å². The minimum Gasteiger partial charge on any atom is -0.497 e. The average molecular weight is 578 g/mol. The lowest BCUT2D eigenvalue weighted by atomic mass is 9.93. The standard InChI is InChI=1S/C31H35N3O6S/c1-8-15-40-24-13-11-20(16-25(24)39-7)17-26-29(35)34-28(22-18-21(37-5)12-14-23(22)38-6)27(19(4)32-31(34)41-26)30(36)33(9-2)10-3/h8,11-14,16-18,28H,1,9-10,15H2,2-7H3/b26-17+/t28-/m0/s1. The number of likely N-dealkylation sites (N-methyl/N-ethyl adjacent to an activating group) is 1. The second-order valence-electron chi connectivity index (χ2n) is 9.18. The number of hydrogen-bond donors (Lipinski definition) is 0. The van der Waals surface area contributed by atoms with Gasteiger partial charge < -0.3 is 23.8 Å². The van der Waals surface area contributed by atoms with Crippen molar-refractivity contribution in [3.05, 3.63) is 91.1 Å². The molecule has 0 spiro atoms. The molecule has 41 heavy (non-hydrogen) atoms. The van der Waals surface area contributed by atoms with Crippen LogP contribution in [0.4, 0.5) is 0 Å². The van der Waals surface area contributed by atoms with Crippen molar-refractivity contribution in [2.75, 3.05) is 41.0 Å². The first kappa shape index (κ1) is 29.7. The fourth-order valence-corrected chi connectivity index (χ4v) is 5.86. The van der Waals surface area contributed by atoms with Crippen LogP contribution in [0.15, 0.2) is 70.1 Å². The van der Waals surface area contributed by atoms with Crippen molar-refractivity contribution in [3.63, 3.8) is 0 Å². The molecule has 1 amide bonds. The van der Waals surface area contributed by atoms with Crippen molar-refractivity contribution >= 4 is 23.3 Å². The maximum absolute atomic E-state index is 14.1. The van der Waals surface area contributed by atoms with Gasteiger partial charge in [0.2, 0.25) is 0 Å². The summed E-state index contributed by atoms with van der Waals surface area (Å²) in [5, 5.41) is 0. The van der Waals surface area contributed by atoms with Crippen LogP contribution in [0, 0.1) is 0 Å². The number of rotatable bonds is 11. The maximum atomic E-state index is 14.1. The number of carbonyl (C=O) groups is 1. The second-order valence-corrected chi connectivity index (χ2v) is 10.2. The molecule has 1 aromatic heterocycles. The Labute approximate surface area is 243 Å². The Morgan fingerprint density at radius 1 is 1.05 bits per heavy atom. The Bertz CT molecular complexity index is 1670. The Kier molecular flexibility index (Phi) is 9.34. The molecule has 0 saturated heterocycles. The molecule has 1 aliphatic rings.